The van der Waals surface area contributed by atoms with E-state index in [1.54, 1.807) is 16.8 Å². The zero-order valence-corrected chi connectivity index (χ0v) is 11.6. The molecular formula is C14H21N3O3. The molecule has 1 N–H and O–H groups in total. The van der Waals surface area contributed by atoms with Crippen molar-refractivity contribution in [1.29, 1.82) is 0 Å². The van der Waals surface area contributed by atoms with Crippen LogP contribution in [0.2, 0.25) is 0 Å². The molecule has 0 aromatic carbocycles. The maximum absolute atomic E-state index is 11.7. The van der Waals surface area contributed by atoms with E-state index in [2.05, 4.69) is 10.2 Å². The number of hydrogen-bond donors (Lipinski definition) is 1. The largest absolute Gasteiger partial charge is 0.379 e. The number of aromatic nitrogens is 1. The summed E-state index contributed by atoms with van der Waals surface area (Å²) in [6, 6.07) is 5.10. The number of carbonyl (C=O) groups excluding carboxylic acids is 1. The van der Waals surface area contributed by atoms with Crippen LogP contribution in [0.1, 0.15) is 6.42 Å². The van der Waals surface area contributed by atoms with E-state index in [4.69, 9.17) is 4.74 Å². The average Bonchev–Trinajstić information content (AvgIpc) is 2.46. The van der Waals surface area contributed by atoms with Crippen LogP contribution in [0.3, 0.4) is 0 Å². The molecule has 110 valence electrons. The minimum Gasteiger partial charge on any atom is -0.379 e. The van der Waals surface area contributed by atoms with Crippen molar-refractivity contribution >= 4 is 5.91 Å². The number of carbonyl (C=O) groups is 1. The molecule has 0 unspecified atom stereocenters. The van der Waals surface area contributed by atoms with Gasteiger partial charge in [0.1, 0.15) is 0 Å². The second kappa shape index (κ2) is 7.81. The van der Waals surface area contributed by atoms with Crippen LogP contribution < -0.4 is 10.9 Å². The highest BCUT2D eigenvalue weighted by atomic mass is 16.5. The summed E-state index contributed by atoms with van der Waals surface area (Å²) in [7, 11) is 0. The molecule has 0 aliphatic carbocycles. The normalized spacial score (nSPS) is 16.0. The van der Waals surface area contributed by atoms with Gasteiger partial charge in [-0.2, -0.15) is 0 Å². The zero-order valence-electron chi connectivity index (χ0n) is 11.6. The molecule has 6 nitrogen and oxygen atoms in total. The van der Waals surface area contributed by atoms with Crippen molar-refractivity contribution in [2.75, 3.05) is 39.4 Å². The van der Waals surface area contributed by atoms with Gasteiger partial charge in [-0.25, -0.2) is 0 Å². The van der Waals surface area contributed by atoms with E-state index >= 15 is 0 Å². The van der Waals surface area contributed by atoms with Crippen molar-refractivity contribution in [3.05, 3.63) is 34.7 Å². The van der Waals surface area contributed by atoms with E-state index in [0.717, 1.165) is 19.5 Å². The predicted octanol–water partition coefficient (Wildman–Crippen LogP) is -0.313. The first-order valence-corrected chi connectivity index (χ1v) is 6.98. The van der Waals surface area contributed by atoms with E-state index in [1.165, 1.54) is 6.07 Å². The molecule has 0 bridgehead atoms. The minimum absolute atomic E-state index is 0.00727. The summed E-state index contributed by atoms with van der Waals surface area (Å²) >= 11 is 0. The van der Waals surface area contributed by atoms with Gasteiger partial charge in [-0.15, -0.1) is 0 Å². The van der Waals surface area contributed by atoms with Gasteiger partial charge in [0.25, 0.3) is 0 Å². The lowest BCUT2D eigenvalue weighted by Crippen LogP contribution is -2.43. The molecule has 6 heteroatoms. The van der Waals surface area contributed by atoms with Gasteiger partial charge in [-0.1, -0.05) is 6.07 Å². The number of amides is 1. The van der Waals surface area contributed by atoms with E-state index in [9.17, 15) is 9.59 Å². The minimum atomic E-state index is -0.00727. The second-order valence-electron chi connectivity index (χ2n) is 4.82. The Morgan fingerprint density at radius 3 is 2.85 bits per heavy atom. The van der Waals surface area contributed by atoms with Crippen LogP contribution in [0.25, 0.3) is 0 Å². The number of aryl methyl sites for hydroxylation is 1. The molecule has 1 aromatic heterocycles. The molecule has 0 saturated carbocycles. The van der Waals surface area contributed by atoms with Crippen LogP contribution in [-0.4, -0.2) is 54.8 Å². The van der Waals surface area contributed by atoms with Gasteiger partial charge in [-0.3, -0.25) is 14.5 Å². The summed E-state index contributed by atoms with van der Waals surface area (Å²) in [6.45, 7) is 4.66. The topological polar surface area (TPSA) is 63.6 Å². The molecule has 1 amide bonds. The molecule has 1 fully saturated rings. The Kier molecular flexibility index (Phi) is 5.76. The molecule has 20 heavy (non-hydrogen) atoms. The van der Waals surface area contributed by atoms with Gasteiger partial charge >= 0.3 is 0 Å². The van der Waals surface area contributed by atoms with Gasteiger partial charge in [0.2, 0.25) is 11.5 Å². The highest BCUT2D eigenvalue weighted by Gasteiger charge is 2.13. The van der Waals surface area contributed by atoms with Crippen LogP contribution in [-0.2, 0) is 16.1 Å². The predicted molar refractivity (Wildman–Crippen MR) is 75.6 cm³/mol. The Labute approximate surface area is 118 Å². The van der Waals surface area contributed by atoms with Crippen molar-refractivity contribution in [1.82, 2.24) is 14.8 Å². The fourth-order valence-corrected chi connectivity index (χ4v) is 2.14. The highest BCUT2D eigenvalue weighted by Crippen LogP contribution is 1.95. The van der Waals surface area contributed by atoms with Gasteiger partial charge in [-0.05, 0) is 12.5 Å². The summed E-state index contributed by atoms with van der Waals surface area (Å²) in [5, 5.41) is 2.88. The summed E-state index contributed by atoms with van der Waals surface area (Å²) in [5.74, 6) is 0.0345. The molecule has 1 saturated heterocycles. The van der Waals surface area contributed by atoms with Crippen molar-refractivity contribution < 1.29 is 9.53 Å². The van der Waals surface area contributed by atoms with Crippen LogP contribution in [0.15, 0.2) is 29.2 Å². The fraction of sp³-hybridized carbons (Fsp3) is 0.571. The number of hydrogen-bond acceptors (Lipinski definition) is 4. The Morgan fingerprint density at radius 2 is 2.10 bits per heavy atom. The molecular weight excluding hydrogens is 258 g/mol. The van der Waals surface area contributed by atoms with E-state index in [-0.39, 0.29) is 11.5 Å². The second-order valence-corrected chi connectivity index (χ2v) is 4.82. The molecule has 1 aliphatic rings. The van der Waals surface area contributed by atoms with Crippen molar-refractivity contribution in [2.45, 2.75) is 13.0 Å². The molecule has 0 radical (unpaired) electrons. The molecule has 2 rings (SSSR count). The molecule has 1 aromatic rings. The molecule has 1 aliphatic heterocycles. The quantitative estimate of drug-likeness (QED) is 0.725. The first-order valence-electron chi connectivity index (χ1n) is 6.98. The lowest BCUT2D eigenvalue weighted by Gasteiger charge is -2.25. The fourth-order valence-electron chi connectivity index (χ4n) is 2.14. The standard InChI is InChI=1S/C14H21N3O3/c18-13(12-16-8-10-20-11-9-16)15-5-3-7-17-6-2-1-4-14(17)19/h1-2,4,6H,3,5,7-12H2,(H,15,18). The average molecular weight is 279 g/mol. The van der Waals surface area contributed by atoms with Crippen molar-refractivity contribution in [3.8, 4) is 0 Å². The molecule has 2 heterocycles. The van der Waals surface area contributed by atoms with Crippen LogP contribution in [0.4, 0.5) is 0 Å². The summed E-state index contributed by atoms with van der Waals surface area (Å²) in [4.78, 5) is 25.3. The first-order chi connectivity index (χ1) is 9.75. The third kappa shape index (κ3) is 4.79. The molecule has 0 spiro atoms. The number of ether oxygens (including phenoxy) is 1. The van der Waals surface area contributed by atoms with Crippen molar-refractivity contribution in [3.63, 3.8) is 0 Å². The number of pyridine rings is 1. The Balaban J connectivity index is 1.62. The van der Waals surface area contributed by atoms with E-state index in [0.29, 0.717) is 32.8 Å². The lowest BCUT2D eigenvalue weighted by molar-refractivity contribution is -0.123. The van der Waals surface area contributed by atoms with Gasteiger partial charge < -0.3 is 14.6 Å². The lowest BCUT2D eigenvalue weighted by atomic mass is 10.3. The maximum Gasteiger partial charge on any atom is 0.250 e. The number of nitrogens with one attached hydrogen (secondary N) is 1. The van der Waals surface area contributed by atoms with E-state index < -0.39 is 0 Å². The van der Waals surface area contributed by atoms with Gasteiger partial charge in [0.05, 0.1) is 19.8 Å². The van der Waals surface area contributed by atoms with Crippen LogP contribution >= 0.6 is 0 Å². The Bertz CT molecular complexity index is 481. The monoisotopic (exact) mass is 279 g/mol. The number of nitrogens with zero attached hydrogens (tertiary/aromatic N) is 2. The van der Waals surface area contributed by atoms with Crippen LogP contribution in [0.5, 0.6) is 0 Å². The smallest absolute Gasteiger partial charge is 0.250 e. The first kappa shape index (κ1) is 14.7. The summed E-state index contributed by atoms with van der Waals surface area (Å²) in [5.41, 5.74) is -0.00727. The number of rotatable bonds is 6. The summed E-state index contributed by atoms with van der Waals surface area (Å²) in [6.07, 6.45) is 2.51. The van der Waals surface area contributed by atoms with Crippen LogP contribution in [0, 0.1) is 0 Å². The highest BCUT2D eigenvalue weighted by molar-refractivity contribution is 5.77. The van der Waals surface area contributed by atoms with E-state index in [1.807, 2.05) is 6.07 Å². The Hall–Kier alpha value is -1.66. The molecule has 0 atom stereocenters. The SMILES string of the molecule is O=C(CN1CCOCC1)NCCCn1ccccc1=O. The third-order valence-electron chi connectivity index (χ3n) is 3.27. The van der Waals surface area contributed by atoms with Gasteiger partial charge in [0.15, 0.2) is 0 Å². The zero-order chi connectivity index (χ0) is 14.2. The van der Waals surface area contributed by atoms with Gasteiger partial charge in [0, 0.05) is 38.4 Å². The Morgan fingerprint density at radius 1 is 1.30 bits per heavy atom. The number of morpholine rings is 1. The maximum atomic E-state index is 11.7. The summed E-state index contributed by atoms with van der Waals surface area (Å²) < 4.78 is 6.88. The third-order valence-corrected chi connectivity index (χ3v) is 3.27. The van der Waals surface area contributed by atoms with Crippen molar-refractivity contribution in [2.24, 2.45) is 0 Å².